The van der Waals surface area contributed by atoms with Gasteiger partial charge in [0.25, 0.3) is 0 Å². The minimum Gasteiger partial charge on any atom is -0.491 e. The summed E-state index contributed by atoms with van der Waals surface area (Å²) in [5.74, 6) is 0.757. The standard InChI is InChI=1S/C20H26N2O2/c1-15(2)22-20(23)11-9-17-8-10-19(18(21)14-17)24-13-12-16-6-4-3-5-7-16/h3-8,10,14-15H,9,11-13,21H2,1-2H3,(H,22,23). The van der Waals surface area contributed by atoms with Crippen LogP contribution in [0.4, 0.5) is 5.69 Å². The lowest BCUT2D eigenvalue weighted by Crippen LogP contribution is -2.30. The van der Waals surface area contributed by atoms with E-state index in [0.717, 1.165) is 12.0 Å². The molecule has 2 rings (SSSR count). The molecule has 0 radical (unpaired) electrons. The van der Waals surface area contributed by atoms with Crippen LogP contribution >= 0.6 is 0 Å². The van der Waals surface area contributed by atoms with Crippen molar-refractivity contribution < 1.29 is 9.53 Å². The molecule has 0 unspecified atom stereocenters. The molecule has 0 fully saturated rings. The number of amides is 1. The molecule has 4 nitrogen and oxygen atoms in total. The molecule has 0 aliphatic carbocycles. The van der Waals surface area contributed by atoms with Gasteiger partial charge in [-0.25, -0.2) is 0 Å². The highest BCUT2D eigenvalue weighted by Gasteiger charge is 2.06. The Bertz CT molecular complexity index is 654. The van der Waals surface area contributed by atoms with Crippen molar-refractivity contribution in [2.75, 3.05) is 12.3 Å². The van der Waals surface area contributed by atoms with Gasteiger partial charge in [0, 0.05) is 18.9 Å². The molecule has 0 aromatic heterocycles. The van der Waals surface area contributed by atoms with E-state index < -0.39 is 0 Å². The zero-order valence-corrected chi connectivity index (χ0v) is 14.4. The van der Waals surface area contributed by atoms with Crippen LogP contribution in [0.5, 0.6) is 5.75 Å². The van der Waals surface area contributed by atoms with Crippen LogP contribution in [0.25, 0.3) is 0 Å². The maximum Gasteiger partial charge on any atom is 0.220 e. The number of nitrogens with two attached hydrogens (primary N) is 1. The SMILES string of the molecule is CC(C)NC(=O)CCc1ccc(OCCc2ccccc2)c(N)c1. The summed E-state index contributed by atoms with van der Waals surface area (Å²) >= 11 is 0. The largest absolute Gasteiger partial charge is 0.491 e. The molecule has 0 atom stereocenters. The zero-order valence-electron chi connectivity index (χ0n) is 14.4. The fourth-order valence-electron chi connectivity index (χ4n) is 2.46. The third-order valence-electron chi connectivity index (χ3n) is 3.66. The van der Waals surface area contributed by atoms with Crippen molar-refractivity contribution in [3.05, 3.63) is 59.7 Å². The van der Waals surface area contributed by atoms with Crippen LogP contribution in [0.3, 0.4) is 0 Å². The van der Waals surface area contributed by atoms with E-state index in [1.165, 1.54) is 5.56 Å². The van der Waals surface area contributed by atoms with E-state index in [1.54, 1.807) is 0 Å². The molecule has 3 N–H and O–H groups in total. The first-order valence-electron chi connectivity index (χ1n) is 8.39. The summed E-state index contributed by atoms with van der Waals surface area (Å²) in [5.41, 5.74) is 8.96. The summed E-state index contributed by atoms with van der Waals surface area (Å²) in [6.07, 6.45) is 1.98. The minimum atomic E-state index is 0.0618. The molecule has 4 heteroatoms. The second-order valence-electron chi connectivity index (χ2n) is 6.18. The highest BCUT2D eigenvalue weighted by atomic mass is 16.5. The van der Waals surface area contributed by atoms with Gasteiger partial charge in [-0.1, -0.05) is 36.4 Å². The van der Waals surface area contributed by atoms with E-state index in [2.05, 4.69) is 17.4 Å². The summed E-state index contributed by atoms with van der Waals surface area (Å²) in [7, 11) is 0. The van der Waals surface area contributed by atoms with Gasteiger partial charge in [-0.15, -0.1) is 0 Å². The lowest BCUT2D eigenvalue weighted by Gasteiger charge is -2.11. The van der Waals surface area contributed by atoms with Crippen molar-refractivity contribution >= 4 is 11.6 Å². The van der Waals surface area contributed by atoms with Crippen molar-refractivity contribution in [3.63, 3.8) is 0 Å². The average molecular weight is 326 g/mol. The summed E-state index contributed by atoms with van der Waals surface area (Å²) < 4.78 is 5.77. The van der Waals surface area contributed by atoms with Gasteiger partial charge < -0.3 is 15.8 Å². The first-order valence-corrected chi connectivity index (χ1v) is 8.39. The number of hydrogen-bond acceptors (Lipinski definition) is 3. The van der Waals surface area contributed by atoms with E-state index in [0.29, 0.717) is 30.9 Å². The van der Waals surface area contributed by atoms with Crippen LogP contribution in [0.2, 0.25) is 0 Å². The molecule has 2 aromatic carbocycles. The second kappa shape index (κ2) is 8.96. The number of carbonyl (C=O) groups is 1. The smallest absolute Gasteiger partial charge is 0.220 e. The number of anilines is 1. The molecule has 0 saturated carbocycles. The van der Waals surface area contributed by atoms with Crippen LogP contribution in [0.15, 0.2) is 48.5 Å². The van der Waals surface area contributed by atoms with Crippen LogP contribution in [0.1, 0.15) is 31.4 Å². The summed E-state index contributed by atoms with van der Waals surface area (Å²) in [6.45, 7) is 4.50. The van der Waals surface area contributed by atoms with Crippen LogP contribution in [0, 0.1) is 0 Å². The Kier molecular flexibility index (Phi) is 6.67. The Labute approximate surface area is 144 Å². The average Bonchev–Trinajstić information content (AvgIpc) is 2.55. The predicted molar refractivity (Wildman–Crippen MR) is 98.1 cm³/mol. The minimum absolute atomic E-state index is 0.0618. The Morgan fingerprint density at radius 1 is 1.08 bits per heavy atom. The first-order chi connectivity index (χ1) is 11.5. The molecule has 0 bridgehead atoms. The monoisotopic (exact) mass is 326 g/mol. The third-order valence-corrected chi connectivity index (χ3v) is 3.66. The number of rotatable bonds is 8. The molecular formula is C20H26N2O2. The van der Waals surface area contributed by atoms with Gasteiger partial charge in [0.1, 0.15) is 5.75 Å². The molecule has 1 amide bonds. The number of nitrogens with one attached hydrogen (secondary N) is 1. The van der Waals surface area contributed by atoms with Crippen LogP contribution in [-0.4, -0.2) is 18.6 Å². The number of benzene rings is 2. The highest BCUT2D eigenvalue weighted by molar-refractivity contribution is 5.76. The van der Waals surface area contributed by atoms with E-state index in [9.17, 15) is 4.79 Å². The molecule has 2 aromatic rings. The molecule has 0 spiro atoms. The lowest BCUT2D eigenvalue weighted by molar-refractivity contribution is -0.121. The molecular weight excluding hydrogens is 300 g/mol. The highest BCUT2D eigenvalue weighted by Crippen LogP contribution is 2.23. The first kappa shape index (κ1) is 17.9. The fourth-order valence-corrected chi connectivity index (χ4v) is 2.46. The van der Waals surface area contributed by atoms with Gasteiger partial charge >= 0.3 is 0 Å². The summed E-state index contributed by atoms with van der Waals surface area (Å²) in [5, 5.41) is 2.89. The maximum absolute atomic E-state index is 11.7. The van der Waals surface area contributed by atoms with Gasteiger partial charge in [-0.2, -0.15) is 0 Å². The zero-order chi connectivity index (χ0) is 17.4. The van der Waals surface area contributed by atoms with Crippen molar-refractivity contribution in [2.45, 2.75) is 39.2 Å². The lowest BCUT2D eigenvalue weighted by atomic mass is 10.1. The Balaban J connectivity index is 1.82. The van der Waals surface area contributed by atoms with Gasteiger partial charge in [-0.3, -0.25) is 4.79 Å². The maximum atomic E-state index is 11.7. The van der Waals surface area contributed by atoms with Crippen LogP contribution < -0.4 is 15.8 Å². The van der Waals surface area contributed by atoms with E-state index in [-0.39, 0.29) is 11.9 Å². The molecule has 0 aliphatic rings. The number of nitrogen functional groups attached to an aromatic ring is 1. The van der Waals surface area contributed by atoms with Crippen molar-refractivity contribution in [2.24, 2.45) is 0 Å². The van der Waals surface area contributed by atoms with Crippen molar-refractivity contribution in [1.29, 1.82) is 0 Å². The van der Waals surface area contributed by atoms with Gasteiger partial charge in [0.05, 0.1) is 12.3 Å². The van der Waals surface area contributed by atoms with Gasteiger partial charge in [0.2, 0.25) is 5.91 Å². The predicted octanol–water partition coefficient (Wildman–Crippen LogP) is 3.35. The van der Waals surface area contributed by atoms with E-state index in [1.807, 2.05) is 50.2 Å². The topological polar surface area (TPSA) is 64.3 Å². The summed E-state index contributed by atoms with van der Waals surface area (Å²) in [6, 6.07) is 16.1. The van der Waals surface area contributed by atoms with Gasteiger partial charge in [0.15, 0.2) is 0 Å². The van der Waals surface area contributed by atoms with Crippen molar-refractivity contribution in [1.82, 2.24) is 5.32 Å². The molecule has 128 valence electrons. The molecule has 0 heterocycles. The number of hydrogen-bond donors (Lipinski definition) is 2. The quantitative estimate of drug-likeness (QED) is 0.731. The molecule has 0 aliphatic heterocycles. The number of aryl methyl sites for hydroxylation is 1. The Hall–Kier alpha value is -2.49. The normalized spacial score (nSPS) is 10.6. The fraction of sp³-hybridized carbons (Fsp3) is 0.350. The molecule has 0 saturated heterocycles. The number of carbonyl (C=O) groups excluding carboxylic acids is 1. The Morgan fingerprint density at radius 3 is 2.50 bits per heavy atom. The van der Waals surface area contributed by atoms with E-state index in [4.69, 9.17) is 10.5 Å². The number of ether oxygens (including phenoxy) is 1. The second-order valence-corrected chi connectivity index (χ2v) is 6.18. The van der Waals surface area contributed by atoms with Crippen molar-refractivity contribution in [3.8, 4) is 5.75 Å². The molecule has 24 heavy (non-hydrogen) atoms. The van der Waals surface area contributed by atoms with E-state index >= 15 is 0 Å². The Morgan fingerprint density at radius 2 is 1.83 bits per heavy atom. The third kappa shape index (κ3) is 5.95. The van der Waals surface area contributed by atoms with Gasteiger partial charge in [-0.05, 0) is 43.5 Å². The summed E-state index contributed by atoms with van der Waals surface area (Å²) in [4.78, 5) is 11.7. The van der Waals surface area contributed by atoms with Crippen LogP contribution in [-0.2, 0) is 17.6 Å².